The van der Waals surface area contributed by atoms with Crippen LogP contribution in [0.3, 0.4) is 0 Å². The first-order chi connectivity index (χ1) is 11.1. The molecule has 0 fully saturated rings. The van der Waals surface area contributed by atoms with Gasteiger partial charge < -0.3 is 14.5 Å². The summed E-state index contributed by atoms with van der Waals surface area (Å²) in [6.07, 6.45) is 8.06. The Morgan fingerprint density at radius 3 is 2.43 bits per heavy atom. The lowest BCUT2D eigenvalue weighted by Crippen LogP contribution is -2.32. The Hall–Kier alpha value is -2.75. The number of rotatable bonds is 10. The summed E-state index contributed by atoms with van der Waals surface area (Å²) < 4.78 is 0. The summed E-state index contributed by atoms with van der Waals surface area (Å²) in [6.45, 7) is 7.49. The summed E-state index contributed by atoms with van der Waals surface area (Å²) in [7, 11) is 1.76. The third kappa shape index (κ3) is 4.36. The van der Waals surface area contributed by atoms with Crippen molar-refractivity contribution in [3.8, 4) is 0 Å². The molecule has 0 amide bonds. The molecule has 0 heterocycles. The van der Waals surface area contributed by atoms with Gasteiger partial charge in [0.2, 0.25) is 0 Å². The van der Waals surface area contributed by atoms with Crippen LogP contribution in [0.4, 0.5) is 0 Å². The predicted octanol–water partition coefficient (Wildman–Crippen LogP) is 3.15. The van der Waals surface area contributed by atoms with Crippen molar-refractivity contribution >= 4 is 30.6 Å². The number of aldehydes is 3. The molecule has 1 aromatic rings. The van der Waals surface area contributed by atoms with E-state index in [4.69, 9.17) is 0 Å². The quantitative estimate of drug-likeness (QED) is 0.492. The molecule has 4 heteroatoms. The zero-order chi connectivity index (χ0) is 17.2. The second-order valence-corrected chi connectivity index (χ2v) is 4.98. The van der Waals surface area contributed by atoms with E-state index in [1.165, 1.54) is 0 Å². The Kier molecular flexibility index (Phi) is 7.40. The molecule has 0 spiro atoms. The molecule has 0 radical (unpaired) electrons. The highest BCUT2D eigenvalue weighted by molar-refractivity contribution is 5.89. The Morgan fingerprint density at radius 1 is 1.22 bits per heavy atom. The van der Waals surface area contributed by atoms with Crippen molar-refractivity contribution in [2.24, 2.45) is 0 Å². The van der Waals surface area contributed by atoms with Gasteiger partial charge in [0.25, 0.3) is 0 Å². The third-order valence-corrected chi connectivity index (χ3v) is 3.62. The van der Waals surface area contributed by atoms with Crippen LogP contribution in [0.5, 0.6) is 0 Å². The van der Waals surface area contributed by atoms with Crippen LogP contribution in [0, 0.1) is 0 Å². The molecule has 0 aliphatic rings. The Bertz CT molecular complexity index is 605. The van der Waals surface area contributed by atoms with Crippen LogP contribution in [0.1, 0.15) is 34.3 Å². The summed E-state index contributed by atoms with van der Waals surface area (Å²) in [5.74, 6) is 0. The molecular formula is C19H21NO3. The van der Waals surface area contributed by atoms with Crippen LogP contribution in [0.25, 0.3) is 11.8 Å². The van der Waals surface area contributed by atoms with Gasteiger partial charge in [-0.2, -0.15) is 0 Å². The average Bonchev–Trinajstić information content (AvgIpc) is 2.59. The fourth-order valence-electron chi connectivity index (χ4n) is 2.41. The Morgan fingerprint density at radius 2 is 1.91 bits per heavy atom. The zero-order valence-corrected chi connectivity index (χ0v) is 13.3. The largest absolute Gasteiger partial charge is 0.364 e. The molecule has 0 bridgehead atoms. The molecule has 0 aromatic heterocycles. The van der Waals surface area contributed by atoms with Crippen molar-refractivity contribution in [3.05, 3.63) is 60.2 Å². The molecule has 0 N–H and O–H groups in total. The number of likely N-dealkylation sites (N-methyl/N-ethyl adjacent to an activating group) is 1. The van der Waals surface area contributed by atoms with Gasteiger partial charge in [0, 0.05) is 30.3 Å². The molecule has 23 heavy (non-hydrogen) atoms. The molecule has 0 aliphatic heterocycles. The average molecular weight is 311 g/mol. The first-order valence-electron chi connectivity index (χ1n) is 7.30. The van der Waals surface area contributed by atoms with Gasteiger partial charge >= 0.3 is 0 Å². The number of carbonyl (C=O) groups excluding carboxylic acids is 3. The van der Waals surface area contributed by atoms with Crippen molar-refractivity contribution in [1.82, 2.24) is 4.90 Å². The summed E-state index contributed by atoms with van der Waals surface area (Å²) >= 11 is 0. The van der Waals surface area contributed by atoms with Crippen molar-refractivity contribution in [2.75, 3.05) is 7.05 Å². The molecule has 4 nitrogen and oxygen atoms in total. The molecule has 0 saturated carbocycles. The van der Waals surface area contributed by atoms with Gasteiger partial charge in [-0.3, -0.25) is 4.79 Å². The van der Waals surface area contributed by atoms with E-state index in [1.807, 2.05) is 6.07 Å². The van der Waals surface area contributed by atoms with E-state index in [0.29, 0.717) is 29.7 Å². The first kappa shape index (κ1) is 18.3. The molecule has 1 atom stereocenters. The van der Waals surface area contributed by atoms with Crippen molar-refractivity contribution in [3.63, 3.8) is 0 Å². The second kappa shape index (κ2) is 9.30. The van der Waals surface area contributed by atoms with E-state index in [9.17, 15) is 14.4 Å². The maximum atomic E-state index is 11.4. The Labute approximate surface area is 136 Å². The SMILES string of the molecule is C=C/C=C(\c1c(C=C)cccc1C=O)N(C)C(C=O)CCC=O. The maximum Gasteiger partial charge on any atom is 0.150 e. The lowest BCUT2D eigenvalue weighted by molar-refractivity contribution is -0.111. The molecule has 1 unspecified atom stereocenters. The van der Waals surface area contributed by atoms with Crippen LogP contribution in [0.15, 0.2) is 43.5 Å². The molecular weight excluding hydrogens is 290 g/mol. The van der Waals surface area contributed by atoms with Gasteiger partial charge in [0.15, 0.2) is 6.29 Å². The topological polar surface area (TPSA) is 54.5 Å². The summed E-state index contributed by atoms with van der Waals surface area (Å²) in [6, 6.07) is 4.87. The van der Waals surface area contributed by atoms with E-state index in [1.54, 1.807) is 42.3 Å². The lowest BCUT2D eigenvalue weighted by Gasteiger charge is -2.29. The molecule has 1 rings (SSSR count). The summed E-state index contributed by atoms with van der Waals surface area (Å²) in [4.78, 5) is 35.2. The minimum atomic E-state index is -0.469. The number of hydrogen-bond acceptors (Lipinski definition) is 4. The fourth-order valence-corrected chi connectivity index (χ4v) is 2.41. The van der Waals surface area contributed by atoms with Gasteiger partial charge in [-0.1, -0.05) is 43.5 Å². The van der Waals surface area contributed by atoms with Crippen LogP contribution in [0.2, 0.25) is 0 Å². The van der Waals surface area contributed by atoms with Crippen LogP contribution >= 0.6 is 0 Å². The minimum absolute atomic E-state index is 0.290. The molecule has 0 saturated heterocycles. The van der Waals surface area contributed by atoms with E-state index < -0.39 is 6.04 Å². The van der Waals surface area contributed by atoms with E-state index >= 15 is 0 Å². The van der Waals surface area contributed by atoms with E-state index in [2.05, 4.69) is 13.2 Å². The highest BCUT2D eigenvalue weighted by Gasteiger charge is 2.20. The number of benzene rings is 1. The van der Waals surface area contributed by atoms with Gasteiger partial charge in [0.05, 0.1) is 6.04 Å². The second-order valence-electron chi connectivity index (χ2n) is 4.98. The highest BCUT2D eigenvalue weighted by atomic mass is 16.1. The van der Waals surface area contributed by atoms with Crippen molar-refractivity contribution in [1.29, 1.82) is 0 Å². The molecule has 1 aromatic carbocycles. The third-order valence-electron chi connectivity index (χ3n) is 3.62. The van der Waals surface area contributed by atoms with Gasteiger partial charge in [-0.25, -0.2) is 0 Å². The number of nitrogens with zero attached hydrogens (tertiary/aromatic N) is 1. The summed E-state index contributed by atoms with van der Waals surface area (Å²) in [5, 5.41) is 0. The Balaban J connectivity index is 3.42. The van der Waals surface area contributed by atoms with Gasteiger partial charge in [-0.05, 0) is 18.1 Å². The first-order valence-corrected chi connectivity index (χ1v) is 7.30. The van der Waals surface area contributed by atoms with E-state index in [-0.39, 0.29) is 0 Å². The predicted molar refractivity (Wildman–Crippen MR) is 93.0 cm³/mol. The van der Waals surface area contributed by atoms with Crippen LogP contribution in [-0.4, -0.2) is 36.8 Å². The summed E-state index contributed by atoms with van der Waals surface area (Å²) in [5.41, 5.74) is 2.66. The highest BCUT2D eigenvalue weighted by Crippen LogP contribution is 2.28. The monoisotopic (exact) mass is 311 g/mol. The minimum Gasteiger partial charge on any atom is -0.364 e. The lowest BCUT2D eigenvalue weighted by atomic mass is 9.96. The smallest absolute Gasteiger partial charge is 0.150 e. The molecule has 0 aliphatic carbocycles. The zero-order valence-electron chi connectivity index (χ0n) is 13.3. The van der Waals surface area contributed by atoms with Gasteiger partial charge in [0.1, 0.15) is 12.6 Å². The number of carbonyl (C=O) groups is 3. The molecule has 120 valence electrons. The maximum absolute atomic E-state index is 11.4. The van der Waals surface area contributed by atoms with Crippen LogP contribution < -0.4 is 0 Å². The van der Waals surface area contributed by atoms with Gasteiger partial charge in [-0.15, -0.1) is 0 Å². The fraction of sp³-hybridized carbons (Fsp3) is 0.211. The van der Waals surface area contributed by atoms with E-state index in [0.717, 1.165) is 24.4 Å². The van der Waals surface area contributed by atoms with Crippen molar-refractivity contribution in [2.45, 2.75) is 18.9 Å². The number of allylic oxidation sites excluding steroid dienone is 2. The standard InChI is InChI=1S/C19H21NO3/c1-4-8-18(20(3)17(14-23)11-7-12-21)19-15(5-2)9-6-10-16(19)13-22/h4-6,8-10,12-14,17H,1-2,7,11H2,3H3/b18-8+. The van der Waals surface area contributed by atoms with Crippen LogP contribution in [-0.2, 0) is 9.59 Å². The van der Waals surface area contributed by atoms with Crippen molar-refractivity contribution < 1.29 is 14.4 Å². The normalized spacial score (nSPS) is 12.1. The number of hydrogen-bond donors (Lipinski definition) is 0.